The number of nitrogens with one attached hydrogen (secondary N) is 2. The number of alkyl halides is 3. The van der Waals surface area contributed by atoms with Gasteiger partial charge in [-0.05, 0) is 31.2 Å². The molecule has 1 fully saturated rings. The standard InChI is InChI=1S/C17H17F4N3O4S/c1-16(8-28-9-16)23-29(26,27)11-6-14(24(2)7-11)15(25)22-10-3-4-13(18)12(5-10)17(19,20)21/h3-7,23H,8-9H2,1-2H3,(H,22,25). The highest BCUT2D eigenvalue weighted by atomic mass is 32.2. The van der Waals surface area contributed by atoms with Crippen LogP contribution >= 0.6 is 0 Å². The summed E-state index contributed by atoms with van der Waals surface area (Å²) in [5, 5.41) is 2.21. The molecule has 29 heavy (non-hydrogen) atoms. The van der Waals surface area contributed by atoms with Crippen LogP contribution in [0, 0.1) is 5.82 Å². The summed E-state index contributed by atoms with van der Waals surface area (Å²) in [5.74, 6) is -2.32. The third-order valence-electron chi connectivity index (χ3n) is 4.27. The van der Waals surface area contributed by atoms with Gasteiger partial charge in [-0.2, -0.15) is 13.2 Å². The highest BCUT2D eigenvalue weighted by Gasteiger charge is 2.38. The zero-order chi connectivity index (χ0) is 21.6. The molecule has 7 nitrogen and oxygen atoms in total. The normalized spacial score (nSPS) is 16.3. The molecule has 3 rings (SSSR count). The van der Waals surface area contributed by atoms with Gasteiger partial charge in [0.15, 0.2) is 0 Å². The van der Waals surface area contributed by atoms with Crippen molar-refractivity contribution in [3.05, 3.63) is 47.5 Å². The summed E-state index contributed by atoms with van der Waals surface area (Å²) >= 11 is 0. The number of hydrogen-bond donors (Lipinski definition) is 2. The van der Waals surface area contributed by atoms with Gasteiger partial charge >= 0.3 is 6.18 Å². The van der Waals surface area contributed by atoms with Gasteiger partial charge in [0, 0.05) is 18.9 Å². The van der Waals surface area contributed by atoms with E-state index in [1.807, 2.05) is 0 Å². The molecule has 2 aromatic rings. The molecule has 1 aliphatic heterocycles. The lowest BCUT2D eigenvalue weighted by atomic mass is 10.0. The van der Waals surface area contributed by atoms with Crippen LogP contribution in [0.25, 0.3) is 0 Å². The Bertz CT molecular complexity index is 1060. The van der Waals surface area contributed by atoms with E-state index in [1.165, 1.54) is 17.8 Å². The molecule has 0 saturated carbocycles. The van der Waals surface area contributed by atoms with E-state index in [4.69, 9.17) is 4.74 Å². The predicted molar refractivity (Wildman–Crippen MR) is 94.3 cm³/mol. The SMILES string of the molecule is Cn1cc(S(=O)(=O)NC2(C)COC2)cc1C(=O)Nc1ccc(F)c(C(F)(F)F)c1. The van der Waals surface area contributed by atoms with Crippen molar-refractivity contribution in [1.29, 1.82) is 0 Å². The monoisotopic (exact) mass is 435 g/mol. The topological polar surface area (TPSA) is 89.4 Å². The number of amides is 1. The van der Waals surface area contributed by atoms with Crippen LogP contribution in [-0.4, -0.2) is 37.6 Å². The van der Waals surface area contributed by atoms with Crippen LogP contribution in [0.2, 0.25) is 0 Å². The molecule has 12 heteroatoms. The highest BCUT2D eigenvalue weighted by Crippen LogP contribution is 2.33. The molecule has 1 aromatic heterocycles. The van der Waals surface area contributed by atoms with Crippen molar-refractivity contribution in [2.24, 2.45) is 7.05 Å². The van der Waals surface area contributed by atoms with Gasteiger partial charge in [-0.1, -0.05) is 0 Å². The summed E-state index contributed by atoms with van der Waals surface area (Å²) in [4.78, 5) is 12.2. The first-order valence-corrected chi connectivity index (χ1v) is 9.75. The Labute approximate surface area is 163 Å². The van der Waals surface area contributed by atoms with E-state index in [9.17, 15) is 30.8 Å². The van der Waals surface area contributed by atoms with Crippen LogP contribution < -0.4 is 10.0 Å². The molecule has 0 spiro atoms. The molecule has 1 aromatic carbocycles. The number of anilines is 1. The van der Waals surface area contributed by atoms with Crippen LogP contribution in [0.4, 0.5) is 23.2 Å². The summed E-state index contributed by atoms with van der Waals surface area (Å²) in [6, 6.07) is 3.12. The maximum absolute atomic E-state index is 13.4. The van der Waals surface area contributed by atoms with Gasteiger partial charge < -0.3 is 14.6 Å². The summed E-state index contributed by atoms with van der Waals surface area (Å²) < 4.78 is 85.5. The van der Waals surface area contributed by atoms with Gasteiger partial charge in [-0.15, -0.1) is 0 Å². The first-order valence-electron chi connectivity index (χ1n) is 8.27. The molecule has 1 saturated heterocycles. The first kappa shape index (κ1) is 21.3. The van der Waals surface area contributed by atoms with Crippen LogP contribution in [-0.2, 0) is 28.0 Å². The fourth-order valence-corrected chi connectivity index (χ4v) is 4.22. The third-order valence-corrected chi connectivity index (χ3v) is 5.88. The maximum Gasteiger partial charge on any atom is 0.419 e. The van der Waals surface area contributed by atoms with Gasteiger partial charge in [0.25, 0.3) is 5.91 Å². The number of carbonyl (C=O) groups excluding carboxylic acids is 1. The van der Waals surface area contributed by atoms with E-state index in [1.54, 1.807) is 6.92 Å². The maximum atomic E-state index is 13.4. The Morgan fingerprint density at radius 2 is 1.90 bits per heavy atom. The van der Waals surface area contributed by atoms with E-state index in [2.05, 4.69) is 10.0 Å². The minimum atomic E-state index is -4.93. The zero-order valence-electron chi connectivity index (χ0n) is 15.3. The van der Waals surface area contributed by atoms with Crippen LogP contribution in [0.15, 0.2) is 35.4 Å². The molecule has 0 aliphatic carbocycles. The Morgan fingerprint density at radius 1 is 1.24 bits per heavy atom. The van der Waals surface area contributed by atoms with Crippen molar-refractivity contribution in [2.45, 2.75) is 23.5 Å². The Balaban J connectivity index is 1.82. The minimum Gasteiger partial charge on any atom is -0.377 e. The van der Waals surface area contributed by atoms with Gasteiger partial charge in [0.05, 0.1) is 24.3 Å². The van der Waals surface area contributed by atoms with E-state index in [0.29, 0.717) is 12.1 Å². The number of sulfonamides is 1. The number of hydrogen-bond acceptors (Lipinski definition) is 4. The molecule has 0 unspecified atom stereocenters. The summed E-state index contributed by atoms with van der Waals surface area (Å²) in [6.07, 6.45) is -3.73. The molecule has 2 N–H and O–H groups in total. The number of halogens is 4. The molecule has 0 bridgehead atoms. The smallest absolute Gasteiger partial charge is 0.377 e. The fourth-order valence-electron chi connectivity index (χ4n) is 2.77. The second kappa shape index (κ2) is 7.11. The largest absolute Gasteiger partial charge is 0.419 e. The minimum absolute atomic E-state index is 0.113. The number of nitrogens with zero attached hydrogens (tertiary/aromatic N) is 1. The van der Waals surface area contributed by atoms with Crippen LogP contribution in [0.5, 0.6) is 0 Å². The average Bonchev–Trinajstić information content (AvgIpc) is 2.97. The number of aryl methyl sites for hydroxylation is 1. The van der Waals surface area contributed by atoms with E-state index in [0.717, 1.165) is 12.1 Å². The van der Waals surface area contributed by atoms with Crippen molar-refractivity contribution in [3.8, 4) is 0 Å². The van der Waals surface area contributed by atoms with Crippen molar-refractivity contribution in [1.82, 2.24) is 9.29 Å². The lowest BCUT2D eigenvalue weighted by molar-refractivity contribution is -0.139. The van der Waals surface area contributed by atoms with Crippen molar-refractivity contribution < 1.29 is 35.5 Å². The summed E-state index contributed by atoms with van der Waals surface area (Å²) in [6.45, 7) is 2.08. The van der Waals surface area contributed by atoms with E-state index < -0.39 is 39.0 Å². The number of carbonyl (C=O) groups is 1. The zero-order valence-corrected chi connectivity index (χ0v) is 16.1. The summed E-state index contributed by atoms with van der Waals surface area (Å²) in [7, 11) is -2.54. The molecule has 0 atom stereocenters. The average molecular weight is 435 g/mol. The molecule has 1 amide bonds. The summed E-state index contributed by atoms with van der Waals surface area (Å²) in [5.41, 5.74) is -2.67. The van der Waals surface area contributed by atoms with E-state index >= 15 is 0 Å². The lowest BCUT2D eigenvalue weighted by Crippen LogP contribution is -2.59. The Hall–Kier alpha value is -2.44. The molecular weight excluding hydrogens is 418 g/mol. The number of ether oxygens (including phenoxy) is 1. The number of aromatic nitrogens is 1. The highest BCUT2D eigenvalue weighted by molar-refractivity contribution is 7.89. The predicted octanol–water partition coefficient (Wildman–Crippen LogP) is 2.50. The van der Waals surface area contributed by atoms with E-state index in [-0.39, 0.29) is 29.5 Å². The van der Waals surface area contributed by atoms with Crippen molar-refractivity contribution >= 4 is 21.6 Å². The Morgan fingerprint density at radius 3 is 2.45 bits per heavy atom. The van der Waals surface area contributed by atoms with Crippen LogP contribution in [0.3, 0.4) is 0 Å². The van der Waals surface area contributed by atoms with Gasteiger partial charge in [0.1, 0.15) is 16.4 Å². The Kier molecular flexibility index (Phi) is 5.22. The lowest BCUT2D eigenvalue weighted by Gasteiger charge is -2.38. The second-order valence-corrected chi connectivity index (χ2v) is 8.66. The molecule has 0 radical (unpaired) electrons. The van der Waals surface area contributed by atoms with Gasteiger partial charge in [-0.3, -0.25) is 4.79 Å². The number of benzene rings is 1. The molecule has 1 aliphatic rings. The number of rotatable bonds is 5. The second-order valence-electron chi connectivity index (χ2n) is 6.98. The van der Waals surface area contributed by atoms with Crippen molar-refractivity contribution in [3.63, 3.8) is 0 Å². The molecule has 158 valence electrons. The quantitative estimate of drug-likeness (QED) is 0.707. The van der Waals surface area contributed by atoms with Crippen LogP contribution in [0.1, 0.15) is 23.0 Å². The van der Waals surface area contributed by atoms with Gasteiger partial charge in [-0.25, -0.2) is 17.5 Å². The third kappa shape index (κ3) is 4.43. The van der Waals surface area contributed by atoms with Crippen molar-refractivity contribution in [2.75, 3.05) is 18.5 Å². The molecule has 2 heterocycles. The first-order chi connectivity index (χ1) is 13.3. The van der Waals surface area contributed by atoms with Gasteiger partial charge in [0.2, 0.25) is 10.0 Å². The molecular formula is C17H17F4N3O4S. The fraction of sp³-hybridized carbons (Fsp3) is 0.353.